The van der Waals surface area contributed by atoms with Crippen LogP contribution in [0.4, 0.5) is 0 Å². The number of aromatic nitrogens is 3. The van der Waals surface area contributed by atoms with E-state index in [4.69, 9.17) is 0 Å². The minimum Gasteiger partial charge on any atom is -0.356 e. The fourth-order valence-corrected chi connectivity index (χ4v) is 3.29. The van der Waals surface area contributed by atoms with Gasteiger partial charge in [0, 0.05) is 36.5 Å². The Labute approximate surface area is 151 Å². The molecule has 1 atom stereocenters. The van der Waals surface area contributed by atoms with Crippen LogP contribution in [-0.4, -0.2) is 34.7 Å². The lowest BCUT2D eigenvalue weighted by atomic mass is 10.1. The summed E-state index contributed by atoms with van der Waals surface area (Å²) in [4.78, 5) is 9.87. The Balaban J connectivity index is 1.54. The van der Waals surface area contributed by atoms with Gasteiger partial charge in [-0.05, 0) is 23.1 Å². The summed E-state index contributed by atoms with van der Waals surface area (Å²) in [5.74, 6) is 2.02. The van der Waals surface area contributed by atoms with E-state index in [1.807, 2.05) is 12.1 Å². The molecular weight excluding hydrogens is 332 g/mol. The molecule has 0 aliphatic heterocycles. The molecule has 2 aromatic heterocycles. The minimum absolute atomic E-state index is 0.452. The number of H-pyrrole nitrogens is 1. The van der Waals surface area contributed by atoms with E-state index in [9.17, 15) is 0 Å². The van der Waals surface area contributed by atoms with Crippen molar-refractivity contribution in [3.63, 3.8) is 0 Å². The average Bonchev–Trinajstić information content (AvgIpc) is 3.35. The minimum atomic E-state index is 0.452. The molecule has 0 fully saturated rings. The molecule has 0 amide bonds. The number of hydrogen-bond donors (Lipinski definition) is 3. The fraction of sp³-hybridized carbons (Fsp3) is 0.278. The second-order valence-electron chi connectivity index (χ2n) is 5.76. The van der Waals surface area contributed by atoms with Crippen LogP contribution in [0.1, 0.15) is 23.3 Å². The van der Waals surface area contributed by atoms with Gasteiger partial charge >= 0.3 is 0 Å². The number of aromatic amines is 1. The summed E-state index contributed by atoms with van der Waals surface area (Å²) in [6, 6.07) is 12.5. The Morgan fingerprint density at radius 1 is 1.28 bits per heavy atom. The van der Waals surface area contributed by atoms with E-state index >= 15 is 0 Å². The monoisotopic (exact) mass is 354 g/mol. The lowest BCUT2D eigenvalue weighted by Gasteiger charge is -2.15. The molecule has 0 saturated carbocycles. The van der Waals surface area contributed by atoms with Crippen molar-refractivity contribution in [1.82, 2.24) is 25.8 Å². The van der Waals surface area contributed by atoms with E-state index in [1.54, 1.807) is 18.4 Å². The molecule has 3 rings (SSSR count). The number of aliphatic imine (C=N–C) groups is 1. The molecule has 1 unspecified atom stereocenters. The van der Waals surface area contributed by atoms with Crippen LogP contribution in [0.5, 0.6) is 0 Å². The zero-order chi connectivity index (χ0) is 17.5. The topological polar surface area (TPSA) is 78.0 Å². The standard InChI is InChI=1S/C18H22N6S/c1-13(16-7-4-8-25-16)10-20-18(19-2)21-11-14-5-3-6-15(9-14)17-22-12-23-24-17/h3-9,12-13H,10-11H2,1-2H3,(H2,19,20,21)(H,22,23,24). The van der Waals surface area contributed by atoms with Gasteiger partial charge in [-0.15, -0.1) is 11.3 Å². The molecule has 0 aliphatic carbocycles. The lowest BCUT2D eigenvalue weighted by Crippen LogP contribution is -2.38. The van der Waals surface area contributed by atoms with Gasteiger partial charge in [-0.1, -0.05) is 31.2 Å². The van der Waals surface area contributed by atoms with Gasteiger partial charge < -0.3 is 10.6 Å². The van der Waals surface area contributed by atoms with E-state index in [0.717, 1.165) is 29.5 Å². The van der Waals surface area contributed by atoms with Crippen LogP contribution < -0.4 is 10.6 Å². The quantitative estimate of drug-likeness (QED) is 0.470. The van der Waals surface area contributed by atoms with Crippen LogP contribution in [0.25, 0.3) is 11.4 Å². The number of nitrogens with one attached hydrogen (secondary N) is 3. The first-order valence-corrected chi connectivity index (χ1v) is 9.07. The molecule has 25 heavy (non-hydrogen) atoms. The normalized spacial score (nSPS) is 12.8. The maximum absolute atomic E-state index is 4.30. The van der Waals surface area contributed by atoms with Gasteiger partial charge in [0.15, 0.2) is 11.8 Å². The van der Waals surface area contributed by atoms with Gasteiger partial charge in [0.25, 0.3) is 0 Å². The Kier molecular flexibility index (Phi) is 5.79. The van der Waals surface area contributed by atoms with Crippen molar-refractivity contribution in [1.29, 1.82) is 0 Å². The van der Waals surface area contributed by atoms with E-state index in [0.29, 0.717) is 12.5 Å². The SMILES string of the molecule is CN=C(NCc1cccc(-c2ncn[nH]2)c1)NCC(C)c1cccs1. The molecule has 0 spiro atoms. The third-order valence-corrected chi connectivity index (χ3v) is 5.01. The van der Waals surface area contributed by atoms with Gasteiger partial charge in [-0.3, -0.25) is 10.1 Å². The smallest absolute Gasteiger partial charge is 0.191 e. The predicted octanol–water partition coefficient (Wildman–Crippen LogP) is 3.00. The second kappa shape index (κ2) is 8.43. The first kappa shape index (κ1) is 17.2. The summed E-state index contributed by atoms with van der Waals surface area (Å²) in [6.45, 7) is 3.75. The lowest BCUT2D eigenvalue weighted by molar-refractivity contribution is 0.708. The van der Waals surface area contributed by atoms with E-state index < -0.39 is 0 Å². The molecular formula is C18H22N6S. The number of rotatable bonds is 6. The molecule has 0 bridgehead atoms. The predicted molar refractivity (Wildman–Crippen MR) is 103 cm³/mol. The largest absolute Gasteiger partial charge is 0.356 e. The summed E-state index contributed by atoms with van der Waals surface area (Å²) in [7, 11) is 1.79. The van der Waals surface area contributed by atoms with Crippen LogP contribution in [0.15, 0.2) is 53.1 Å². The molecule has 2 heterocycles. The van der Waals surface area contributed by atoms with E-state index in [2.05, 4.69) is 67.4 Å². The molecule has 130 valence electrons. The summed E-state index contributed by atoms with van der Waals surface area (Å²) in [5.41, 5.74) is 2.18. The van der Waals surface area contributed by atoms with Crippen molar-refractivity contribution in [2.45, 2.75) is 19.4 Å². The van der Waals surface area contributed by atoms with Crippen molar-refractivity contribution in [3.05, 3.63) is 58.5 Å². The van der Waals surface area contributed by atoms with Crippen molar-refractivity contribution < 1.29 is 0 Å². The Morgan fingerprint density at radius 3 is 2.92 bits per heavy atom. The molecule has 0 saturated heterocycles. The third-order valence-electron chi connectivity index (χ3n) is 3.90. The van der Waals surface area contributed by atoms with Crippen molar-refractivity contribution in [2.24, 2.45) is 4.99 Å². The van der Waals surface area contributed by atoms with Gasteiger partial charge in [-0.25, -0.2) is 4.98 Å². The Bertz CT molecular complexity index is 795. The maximum atomic E-state index is 4.30. The van der Waals surface area contributed by atoms with Crippen LogP contribution >= 0.6 is 11.3 Å². The number of hydrogen-bond acceptors (Lipinski definition) is 4. The van der Waals surface area contributed by atoms with Crippen molar-refractivity contribution in [2.75, 3.05) is 13.6 Å². The van der Waals surface area contributed by atoms with Crippen LogP contribution in [0.3, 0.4) is 0 Å². The summed E-state index contributed by atoms with van der Waals surface area (Å²) in [5, 5.41) is 15.6. The highest BCUT2D eigenvalue weighted by molar-refractivity contribution is 7.10. The highest BCUT2D eigenvalue weighted by atomic mass is 32.1. The molecule has 7 heteroatoms. The van der Waals surface area contributed by atoms with Gasteiger partial charge in [-0.2, -0.15) is 5.10 Å². The van der Waals surface area contributed by atoms with Crippen LogP contribution in [0, 0.1) is 0 Å². The van der Waals surface area contributed by atoms with Crippen molar-refractivity contribution in [3.8, 4) is 11.4 Å². The van der Waals surface area contributed by atoms with Gasteiger partial charge in [0.2, 0.25) is 0 Å². The Morgan fingerprint density at radius 2 is 2.20 bits per heavy atom. The fourth-order valence-electron chi connectivity index (χ4n) is 2.50. The van der Waals surface area contributed by atoms with Crippen molar-refractivity contribution >= 4 is 17.3 Å². The first-order valence-electron chi connectivity index (χ1n) is 8.19. The highest BCUT2D eigenvalue weighted by Crippen LogP contribution is 2.19. The number of thiophene rings is 1. The highest BCUT2D eigenvalue weighted by Gasteiger charge is 2.08. The second-order valence-corrected chi connectivity index (χ2v) is 6.74. The molecule has 0 radical (unpaired) electrons. The first-order chi connectivity index (χ1) is 12.3. The summed E-state index contributed by atoms with van der Waals surface area (Å²) >= 11 is 1.79. The molecule has 3 N–H and O–H groups in total. The average molecular weight is 354 g/mol. The molecule has 0 aliphatic rings. The third kappa shape index (κ3) is 4.67. The summed E-state index contributed by atoms with van der Waals surface area (Å²) < 4.78 is 0. The van der Waals surface area contributed by atoms with E-state index in [-0.39, 0.29) is 0 Å². The number of guanidine groups is 1. The van der Waals surface area contributed by atoms with Crippen LogP contribution in [0.2, 0.25) is 0 Å². The molecule has 6 nitrogen and oxygen atoms in total. The maximum Gasteiger partial charge on any atom is 0.191 e. The molecule has 3 aromatic rings. The van der Waals surface area contributed by atoms with Gasteiger partial charge in [0.1, 0.15) is 6.33 Å². The zero-order valence-corrected chi connectivity index (χ0v) is 15.2. The van der Waals surface area contributed by atoms with E-state index in [1.165, 1.54) is 11.2 Å². The zero-order valence-electron chi connectivity index (χ0n) is 14.4. The number of benzene rings is 1. The van der Waals surface area contributed by atoms with Crippen LogP contribution in [-0.2, 0) is 6.54 Å². The summed E-state index contributed by atoms with van der Waals surface area (Å²) in [6.07, 6.45) is 1.51. The van der Waals surface area contributed by atoms with Gasteiger partial charge in [0.05, 0.1) is 0 Å². The Hall–Kier alpha value is -2.67. The molecule has 1 aromatic carbocycles. The number of nitrogens with zero attached hydrogens (tertiary/aromatic N) is 3.